The minimum absolute atomic E-state index is 0.0226. The summed E-state index contributed by atoms with van der Waals surface area (Å²) in [5, 5.41) is 3.09. The molecule has 39 heavy (non-hydrogen) atoms. The average Bonchev–Trinajstić information content (AvgIpc) is 2.90. The molecule has 0 aliphatic heterocycles. The molecule has 1 N–H and O–H groups in total. The van der Waals surface area contributed by atoms with Gasteiger partial charge in [0, 0.05) is 24.5 Å². The van der Waals surface area contributed by atoms with Gasteiger partial charge in [0.15, 0.2) is 0 Å². The second kappa shape index (κ2) is 13.8. The van der Waals surface area contributed by atoms with Gasteiger partial charge in [0.2, 0.25) is 21.8 Å². The maximum absolute atomic E-state index is 13.9. The van der Waals surface area contributed by atoms with Crippen molar-refractivity contribution in [2.24, 2.45) is 0 Å². The predicted octanol–water partition coefficient (Wildman–Crippen LogP) is 5.06. The number of nitrogens with zero attached hydrogens (tertiary/aromatic N) is 2. The molecular weight excluding hydrogens is 564 g/mol. The fraction of sp³-hybridized carbons (Fsp3) is 0.286. The lowest BCUT2D eigenvalue weighted by atomic mass is 10.0. The minimum Gasteiger partial charge on any atom is -0.354 e. The number of halogens is 3. The van der Waals surface area contributed by atoms with Crippen LogP contribution < -0.4 is 9.62 Å². The van der Waals surface area contributed by atoms with E-state index < -0.39 is 34.3 Å². The summed E-state index contributed by atoms with van der Waals surface area (Å²) in [7, 11) is -3.99. The summed E-state index contributed by atoms with van der Waals surface area (Å²) in [5.41, 5.74) is 1.55. The first kappa shape index (κ1) is 30.4. The molecule has 3 aromatic carbocycles. The Balaban J connectivity index is 2.04. The van der Waals surface area contributed by atoms with E-state index in [-0.39, 0.29) is 29.6 Å². The van der Waals surface area contributed by atoms with E-state index in [0.717, 1.165) is 28.3 Å². The fourth-order valence-corrected chi connectivity index (χ4v) is 5.10. The molecular formula is C28H30Cl2FN3O4S. The van der Waals surface area contributed by atoms with Gasteiger partial charge in [-0.05, 0) is 47.9 Å². The first-order valence-corrected chi connectivity index (χ1v) is 14.9. The Bertz CT molecular complexity index is 1390. The maximum Gasteiger partial charge on any atom is 0.244 e. The molecule has 1 unspecified atom stereocenters. The maximum atomic E-state index is 13.9. The molecule has 208 valence electrons. The van der Waals surface area contributed by atoms with E-state index in [4.69, 9.17) is 23.2 Å². The number of hydrogen-bond acceptors (Lipinski definition) is 4. The summed E-state index contributed by atoms with van der Waals surface area (Å²) in [5.74, 6) is -1.71. The Morgan fingerprint density at radius 1 is 0.974 bits per heavy atom. The van der Waals surface area contributed by atoms with E-state index in [9.17, 15) is 22.4 Å². The van der Waals surface area contributed by atoms with Crippen molar-refractivity contribution in [3.8, 4) is 0 Å². The number of anilines is 1. The van der Waals surface area contributed by atoms with Gasteiger partial charge in [-0.3, -0.25) is 13.9 Å². The summed E-state index contributed by atoms with van der Waals surface area (Å²) in [6.45, 7) is 1.73. The number of hydrogen-bond donors (Lipinski definition) is 1. The normalized spacial score (nSPS) is 12.0. The van der Waals surface area contributed by atoms with Crippen LogP contribution >= 0.6 is 23.2 Å². The van der Waals surface area contributed by atoms with Crippen molar-refractivity contribution in [3.05, 3.63) is 99.8 Å². The zero-order valence-corrected chi connectivity index (χ0v) is 23.9. The Morgan fingerprint density at radius 3 is 2.23 bits per heavy atom. The summed E-state index contributed by atoms with van der Waals surface area (Å²) in [6, 6.07) is 18.5. The number of benzene rings is 3. The van der Waals surface area contributed by atoms with Crippen LogP contribution in [0.5, 0.6) is 0 Å². The van der Waals surface area contributed by atoms with E-state index in [1.54, 1.807) is 24.3 Å². The number of carbonyl (C=O) groups excluding carboxylic acids is 2. The Hall–Kier alpha value is -3.14. The largest absolute Gasteiger partial charge is 0.354 e. The van der Waals surface area contributed by atoms with Crippen molar-refractivity contribution < 1.29 is 22.4 Å². The van der Waals surface area contributed by atoms with Gasteiger partial charge < -0.3 is 10.2 Å². The lowest BCUT2D eigenvalue weighted by molar-refractivity contribution is -0.140. The highest BCUT2D eigenvalue weighted by molar-refractivity contribution is 7.92. The van der Waals surface area contributed by atoms with Gasteiger partial charge in [-0.1, -0.05) is 72.6 Å². The van der Waals surface area contributed by atoms with Crippen LogP contribution in [0.3, 0.4) is 0 Å². The Labute approximate surface area is 238 Å². The predicted molar refractivity (Wildman–Crippen MR) is 153 cm³/mol. The molecule has 1 atom stereocenters. The number of rotatable bonds is 12. The van der Waals surface area contributed by atoms with Gasteiger partial charge in [-0.25, -0.2) is 12.8 Å². The summed E-state index contributed by atoms with van der Waals surface area (Å²) in [6.07, 6.45) is 1.84. The topological polar surface area (TPSA) is 86.8 Å². The molecule has 0 spiro atoms. The summed E-state index contributed by atoms with van der Waals surface area (Å²) in [4.78, 5) is 28.7. The van der Waals surface area contributed by atoms with Crippen molar-refractivity contribution in [1.82, 2.24) is 10.2 Å². The zero-order chi connectivity index (χ0) is 28.6. The molecule has 0 bridgehead atoms. The summed E-state index contributed by atoms with van der Waals surface area (Å²) < 4.78 is 40.1. The van der Waals surface area contributed by atoms with Gasteiger partial charge in [-0.15, -0.1) is 0 Å². The quantitative estimate of drug-likeness (QED) is 0.318. The van der Waals surface area contributed by atoms with Crippen molar-refractivity contribution in [1.29, 1.82) is 0 Å². The van der Waals surface area contributed by atoms with Crippen molar-refractivity contribution in [2.75, 3.05) is 23.7 Å². The van der Waals surface area contributed by atoms with Crippen molar-refractivity contribution in [3.63, 3.8) is 0 Å². The SMILES string of the molecule is CCCNC(=O)C(Cc1ccccc1)N(Cc1ccc(Cl)cc1)C(=O)CN(c1ccc(F)c(Cl)c1)S(C)(=O)=O. The van der Waals surface area contributed by atoms with Crippen LogP contribution in [-0.2, 0) is 32.6 Å². The van der Waals surface area contributed by atoms with Crippen LogP contribution in [0.15, 0.2) is 72.8 Å². The van der Waals surface area contributed by atoms with Gasteiger partial charge >= 0.3 is 0 Å². The second-order valence-corrected chi connectivity index (χ2v) is 11.8. The van der Waals surface area contributed by atoms with Crippen molar-refractivity contribution >= 4 is 50.7 Å². The van der Waals surface area contributed by atoms with Gasteiger partial charge in [0.25, 0.3) is 0 Å². The molecule has 0 aromatic heterocycles. The Kier molecular flexibility index (Phi) is 10.7. The number of amides is 2. The van der Waals surface area contributed by atoms with Crippen LogP contribution in [-0.4, -0.2) is 50.5 Å². The monoisotopic (exact) mass is 593 g/mol. The highest BCUT2D eigenvalue weighted by Crippen LogP contribution is 2.25. The van der Waals surface area contributed by atoms with E-state index in [1.807, 2.05) is 37.3 Å². The average molecular weight is 595 g/mol. The smallest absolute Gasteiger partial charge is 0.244 e. The number of sulfonamides is 1. The fourth-order valence-electron chi connectivity index (χ4n) is 3.96. The molecule has 7 nitrogen and oxygen atoms in total. The first-order valence-electron chi connectivity index (χ1n) is 12.3. The molecule has 0 heterocycles. The molecule has 0 radical (unpaired) electrons. The molecule has 0 aliphatic rings. The van der Waals surface area contributed by atoms with E-state index in [1.165, 1.54) is 11.0 Å². The van der Waals surface area contributed by atoms with Gasteiger partial charge in [-0.2, -0.15) is 0 Å². The first-order chi connectivity index (χ1) is 18.5. The number of nitrogens with one attached hydrogen (secondary N) is 1. The molecule has 3 rings (SSSR count). The molecule has 11 heteroatoms. The van der Waals surface area contributed by atoms with Gasteiger partial charge in [0.05, 0.1) is 17.0 Å². The third-order valence-electron chi connectivity index (χ3n) is 5.96. The molecule has 3 aromatic rings. The molecule has 0 fully saturated rings. The van der Waals surface area contributed by atoms with Crippen molar-refractivity contribution in [2.45, 2.75) is 32.4 Å². The Morgan fingerprint density at radius 2 is 1.64 bits per heavy atom. The van der Waals surface area contributed by atoms with Crippen LogP contribution in [0.1, 0.15) is 24.5 Å². The molecule has 2 amide bonds. The van der Waals surface area contributed by atoms with Gasteiger partial charge in [0.1, 0.15) is 18.4 Å². The lowest BCUT2D eigenvalue weighted by Gasteiger charge is -2.33. The van der Waals surface area contributed by atoms with E-state index in [0.29, 0.717) is 23.6 Å². The van der Waals surface area contributed by atoms with Crippen LogP contribution in [0.25, 0.3) is 0 Å². The number of carbonyl (C=O) groups is 2. The third-order valence-corrected chi connectivity index (χ3v) is 7.64. The second-order valence-electron chi connectivity index (χ2n) is 9.01. The minimum atomic E-state index is -3.99. The van der Waals surface area contributed by atoms with Crippen LogP contribution in [0, 0.1) is 5.82 Å². The molecule has 0 saturated carbocycles. The molecule has 0 saturated heterocycles. The zero-order valence-electron chi connectivity index (χ0n) is 21.6. The molecule has 0 aliphatic carbocycles. The highest BCUT2D eigenvalue weighted by Gasteiger charge is 2.33. The third kappa shape index (κ3) is 8.68. The van der Waals surface area contributed by atoms with Crippen LogP contribution in [0.4, 0.5) is 10.1 Å². The highest BCUT2D eigenvalue weighted by atomic mass is 35.5. The van der Waals surface area contributed by atoms with Crippen LogP contribution in [0.2, 0.25) is 10.0 Å². The van der Waals surface area contributed by atoms with E-state index in [2.05, 4.69) is 5.32 Å². The van der Waals surface area contributed by atoms with E-state index >= 15 is 0 Å². The lowest BCUT2D eigenvalue weighted by Crippen LogP contribution is -2.53. The summed E-state index contributed by atoms with van der Waals surface area (Å²) >= 11 is 11.9. The standard InChI is InChI=1S/C28H30Cl2FN3O4S/c1-3-15-32-28(36)26(16-20-7-5-4-6-8-20)33(18-21-9-11-22(29)12-10-21)27(35)19-34(39(2,37)38)23-13-14-25(31)24(30)17-23/h4-14,17,26H,3,15-16,18-19H2,1-2H3,(H,32,36).